The molecule has 0 N–H and O–H groups in total. The van der Waals surface area contributed by atoms with Crippen molar-refractivity contribution in [2.75, 3.05) is 19.9 Å². The summed E-state index contributed by atoms with van der Waals surface area (Å²) < 4.78 is 41.1. The van der Waals surface area contributed by atoms with Crippen LogP contribution in [0.3, 0.4) is 0 Å². The second-order valence-electron chi connectivity index (χ2n) is 8.11. The lowest BCUT2D eigenvalue weighted by Crippen LogP contribution is -2.31. The first-order valence-corrected chi connectivity index (χ1v) is 13.3. The molecule has 10 heteroatoms. The Hall–Kier alpha value is -3.13. The second kappa shape index (κ2) is 9.25. The van der Waals surface area contributed by atoms with Crippen molar-refractivity contribution in [1.29, 1.82) is 0 Å². The molecule has 0 radical (unpaired) electrons. The number of hydrogen-bond acceptors (Lipinski definition) is 6. The van der Waals surface area contributed by atoms with Crippen LogP contribution in [0.5, 0.6) is 11.5 Å². The number of nitrogens with zero attached hydrogens (tertiary/aromatic N) is 3. The SMILES string of the molecule is C#CCn1c(=NC(=O)c2ccc(S(=O)(=O)N3CCCCCC3)cc2)sc2cc3c(cc21)OCO3. The molecule has 1 amide bonds. The predicted octanol–water partition coefficient (Wildman–Crippen LogP) is 3.37. The van der Waals surface area contributed by atoms with Crippen LogP contribution in [0.25, 0.3) is 10.2 Å². The Balaban J connectivity index is 1.45. The zero-order valence-corrected chi connectivity index (χ0v) is 20.0. The second-order valence-corrected chi connectivity index (χ2v) is 11.1. The molecule has 2 aliphatic rings. The maximum absolute atomic E-state index is 13.0. The van der Waals surface area contributed by atoms with Crippen molar-refractivity contribution in [1.82, 2.24) is 8.87 Å². The Bertz CT molecular complexity index is 1460. The zero-order valence-electron chi connectivity index (χ0n) is 18.4. The molecule has 3 heterocycles. The van der Waals surface area contributed by atoms with Crippen LogP contribution in [0.4, 0.5) is 0 Å². The van der Waals surface area contributed by atoms with Gasteiger partial charge in [0.05, 0.1) is 21.7 Å². The highest BCUT2D eigenvalue weighted by molar-refractivity contribution is 7.89. The summed E-state index contributed by atoms with van der Waals surface area (Å²) in [4.78, 5) is 17.8. The number of aromatic nitrogens is 1. The Labute approximate surface area is 201 Å². The Morgan fingerprint density at radius 1 is 1.06 bits per heavy atom. The molecule has 0 aliphatic carbocycles. The Kier molecular flexibility index (Phi) is 6.16. The summed E-state index contributed by atoms with van der Waals surface area (Å²) in [6, 6.07) is 9.64. The molecule has 0 saturated carbocycles. The molecule has 0 bridgehead atoms. The summed E-state index contributed by atoms with van der Waals surface area (Å²) in [5, 5.41) is 0. The van der Waals surface area contributed by atoms with E-state index in [1.165, 1.54) is 39.9 Å². The monoisotopic (exact) mass is 497 g/mol. The fourth-order valence-electron chi connectivity index (χ4n) is 4.14. The van der Waals surface area contributed by atoms with E-state index in [4.69, 9.17) is 15.9 Å². The molecule has 0 atom stereocenters. The lowest BCUT2D eigenvalue weighted by molar-refractivity contribution is 0.0997. The van der Waals surface area contributed by atoms with Gasteiger partial charge in [-0.2, -0.15) is 9.30 Å². The van der Waals surface area contributed by atoms with Gasteiger partial charge in [0.2, 0.25) is 16.8 Å². The maximum atomic E-state index is 13.0. The maximum Gasteiger partial charge on any atom is 0.279 e. The van der Waals surface area contributed by atoms with Crippen LogP contribution in [-0.4, -0.2) is 43.1 Å². The largest absolute Gasteiger partial charge is 0.454 e. The third kappa shape index (κ3) is 4.22. The van der Waals surface area contributed by atoms with Crippen LogP contribution in [0.2, 0.25) is 0 Å². The number of rotatable bonds is 4. The third-order valence-electron chi connectivity index (χ3n) is 5.93. The molecule has 0 spiro atoms. The minimum absolute atomic E-state index is 0.168. The van der Waals surface area contributed by atoms with Gasteiger partial charge in [0, 0.05) is 30.8 Å². The smallest absolute Gasteiger partial charge is 0.279 e. The molecule has 2 aromatic carbocycles. The topological polar surface area (TPSA) is 90.2 Å². The summed E-state index contributed by atoms with van der Waals surface area (Å²) >= 11 is 1.32. The van der Waals surface area contributed by atoms with E-state index in [0.717, 1.165) is 35.9 Å². The number of terminal acetylenes is 1. The molecular formula is C24H23N3O5S2. The van der Waals surface area contributed by atoms with Gasteiger partial charge in [-0.05, 0) is 37.1 Å². The van der Waals surface area contributed by atoms with Gasteiger partial charge in [-0.15, -0.1) is 6.42 Å². The summed E-state index contributed by atoms with van der Waals surface area (Å²) in [6.45, 7) is 1.46. The molecule has 8 nitrogen and oxygen atoms in total. The van der Waals surface area contributed by atoms with Crippen LogP contribution in [0, 0.1) is 12.3 Å². The molecule has 5 rings (SSSR count). The van der Waals surface area contributed by atoms with E-state index < -0.39 is 15.9 Å². The molecule has 0 unspecified atom stereocenters. The lowest BCUT2D eigenvalue weighted by Gasteiger charge is -2.19. The van der Waals surface area contributed by atoms with E-state index in [1.54, 1.807) is 4.57 Å². The van der Waals surface area contributed by atoms with E-state index in [0.29, 0.717) is 35.0 Å². The van der Waals surface area contributed by atoms with E-state index >= 15 is 0 Å². The van der Waals surface area contributed by atoms with Gasteiger partial charge in [0.25, 0.3) is 5.91 Å². The number of sulfonamides is 1. The fraction of sp³-hybridized carbons (Fsp3) is 0.333. The standard InChI is InChI=1S/C24H23N3O5S2/c1-2-11-27-19-14-20-21(32-16-31-20)15-22(19)33-24(27)25-23(28)17-7-9-18(10-8-17)34(29,30)26-12-5-3-4-6-13-26/h1,7-10,14-15H,3-6,11-13,16H2. The van der Waals surface area contributed by atoms with Crippen molar-refractivity contribution < 1.29 is 22.7 Å². The molecule has 176 valence electrons. The molecule has 1 saturated heterocycles. The van der Waals surface area contributed by atoms with Gasteiger partial charge in [-0.1, -0.05) is 30.1 Å². The average molecular weight is 498 g/mol. The van der Waals surface area contributed by atoms with Gasteiger partial charge in [0.1, 0.15) is 0 Å². The minimum atomic E-state index is -3.58. The Morgan fingerprint density at radius 2 is 1.74 bits per heavy atom. The first kappa shape index (κ1) is 22.7. The molecule has 34 heavy (non-hydrogen) atoms. The molecule has 2 aliphatic heterocycles. The number of amides is 1. The van der Waals surface area contributed by atoms with Gasteiger partial charge < -0.3 is 14.0 Å². The van der Waals surface area contributed by atoms with Crippen LogP contribution >= 0.6 is 11.3 Å². The number of thiazole rings is 1. The quantitative estimate of drug-likeness (QED) is 0.516. The zero-order chi connectivity index (χ0) is 23.7. The van der Waals surface area contributed by atoms with Gasteiger partial charge in [-0.3, -0.25) is 4.79 Å². The summed E-state index contributed by atoms with van der Waals surface area (Å²) in [5.41, 5.74) is 1.10. The first-order chi connectivity index (χ1) is 16.5. The predicted molar refractivity (Wildman–Crippen MR) is 128 cm³/mol. The van der Waals surface area contributed by atoms with Crippen molar-refractivity contribution in [3.63, 3.8) is 0 Å². The van der Waals surface area contributed by atoms with E-state index in [9.17, 15) is 13.2 Å². The number of carbonyl (C=O) groups excluding carboxylic acids is 1. The van der Waals surface area contributed by atoms with Crippen molar-refractivity contribution >= 4 is 37.5 Å². The molecule has 3 aromatic rings. The molecule has 1 aromatic heterocycles. The van der Waals surface area contributed by atoms with Crippen LogP contribution in [-0.2, 0) is 16.6 Å². The van der Waals surface area contributed by atoms with Crippen LogP contribution < -0.4 is 14.3 Å². The number of fused-ring (bicyclic) bond motifs is 2. The minimum Gasteiger partial charge on any atom is -0.454 e. The van der Waals surface area contributed by atoms with E-state index in [-0.39, 0.29) is 18.2 Å². The van der Waals surface area contributed by atoms with E-state index in [1.807, 2.05) is 12.1 Å². The fourth-order valence-corrected chi connectivity index (χ4v) is 6.70. The highest BCUT2D eigenvalue weighted by atomic mass is 32.2. The highest BCUT2D eigenvalue weighted by Gasteiger charge is 2.25. The van der Waals surface area contributed by atoms with Crippen molar-refractivity contribution in [3.8, 4) is 23.8 Å². The first-order valence-electron chi connectivity index (χ1n) is 11.0. The van der Waals surface area contributed by atoms with E-state index in [2.05, 4.69) is 10.9 Å². The molecule has 1 fully saturated rings. The van der Waals surface area contributed by atoms with Crippen molar-refractivity contribution in [3.05, 3.63) is 46.8 Å². The summed E-state index contributed by atoms with van der Waals surface area (Å²) in [7, 11) is -3.58. The third-order valence-corrected chi connectivity index (χ3v) is 8.88. The number of benzene rings is 2. The number of hydrogen-bond donors (Lipinski definition) is 0. The average Bonchev–Trinajstić information content (AvgIpc) is 3.29. The van der Waals surface area contributed by atoms with Crippen molar-refractivity contribution in [2.24, 2.45) is 4.99 Å². The molecular weight excluding hydrogens is 474 g/mol. The van der Waals surface area contributed by atoms with Crippen LogP contribution in [0.1, 0.15) is 36.0 Å². The van der Waals surface area contributed by atoms with Crippen molar-refractivity contribution in [2.45, 2.75) is 37.1 Å². The van der Waals surface area contributed by atoms with Crippen LogP contribution in [0.15, 0.2) is 46.3 Å². The van der Waals surface area contributed by atoms with Gasteiger partial charge >= 0.3 is 0 Å². The normalized spacial score (nSPS) is 17.0. The van der Waals surface area contributed by atoms with Gasteiger partial charge in [-0.25, -0.2) is 8.42 Å². The lowest BCUT2D eigenvalue weighted by atomic mass is 10.2. The van der Waals surface area contributed by atoms with Gasteiger partial charge in [0.15, 0.2) is 16.3 Å². The summed E-state index contributed by atoms with van der Waals surface area (Å²) in [5.74, 6) is 3.38. The highest BCUT2D eigenvalue weighted by Crippen LogP contribution is 2.37. The number of ether oxygens (including phenoxy) is 2. The Morgan fingerprint density at radius 3 is 2.41 bits per heavy atom. The summed E-state index contributed by atoms with van der Waals surface area (Å²) in [6.07, 6.45) is 9.37. The number of carbonyl (C=O) groups is 1.